The van der Waals surface area contributed by atoms with Crippen molar-refractivity contribution in [2.75, 3.05) is 20.3 Å². The Morgan fingerprint density at radius 2 is 1.81 bits per heavy atom. The van der Waals surface area contributed by atoms with Gasteiger partial charge >= 0.3 is 0 Å². The van der Waals surface area contributed by atoms with E-state index in [9.17, 15) is 9.90 Å². The minimum absolute atomic E-state index is 0.0561. The Balaban J connectivity index is 1.53. The highest BCUT2D eigenvalue weighted by Crippen LogP contribution is 2.51. The molecule has 1 aliphatic heterocycles. The highest BCUT2D eigenvalue weighted by Gasteiger charge is 2.53. The number of benzene rings is 2. The molecule has 1 unspecified atom stereocenters. The average Bonchev–Trinajstić information content (AvgIpc) is 3.48. The highest BCUT2D eigenvalue weighted by molar-refractivity contribution is 5.92. The number of hydrogen-bond donors (Lipinski definition) is 2. The number of nitrogens with one attached hydrogen (secondary N) is 1. The van der Waals surface area contributed by atoms with Crippen LogP contribution in [0.2, 0.25) is 0 Å². The van der Waals surface area contributed by atoms with Crippen molar-refractivity contribution in [1.82, 2.24) is 5.32 Å². The predicted octanol–water partition coefficient (Wildman–Crippen LogP) is 2.51. The molecular formula is C21H23NO4. The highest BCUT2D eigenvalue weighted by atomic mass is 16.5. The molecule has 1 heterocycles. The van der Waals surface area contributed by atoms with E-state index in [-0.39, 0.29) is 12.5 Å². The van der Waals surface area contributed by atoms with Crippen molar-refractivity contribution >= 4 is 5.91 Å². The molecule has 2 N–H and O–H groups in total. The van der Waals surface area contributed by atoms with Gasteiger partial charge in [-0.1, -0.05) is 36.4 Å². The number of carbonyl (C=O) groups is 1. The summed E-state index contributed by atoms with van der Waals surface area (Å²) in [7, 11) is 1.62. The lowest BCUT2D eigenvalue weighted by Gasteiger charge is -2.35. The maximum atomic E-state index is 13.0. The van der Waals surface area contributed by atoms with Gasteiger partial charge in [0.1, 0.15) is 17.1 Å². The lowest BCUT2D eigenvalue weighted by atomic mass is 9.87. The first-order valence-corrected chi connectivity index (χ1v) is 8.96. The van der Waals surface area contributed by atoms with E-state index in [1.165, 1.54) is 0 Å². The fourth-order valence-corrected chi connectivity index (χ4v) is 3.80. The maximum Gasteiger partial charge on any atom is 0.230 e. The second-order valence-corrected chi connectivity index (χ2v) is 7.09. The zero-order valence-corrected chi connectivity index (χ0v) is 14.8. The monoisotopic (exact) mass is 353 g/mol. The Morgan fingerprint density at radius 3 is 2.54 bits per heavy atom. The smallest absolute Gasteiger partial charge is 0.230 e. The summed E-state index contributed by atoms with van der Waals surface area (Å²) in [5.41, 5.74) is -0.0114. The zero-order chi connectivity index (χ0) is 18.2. The second kappa shape index (κ2) is 6.32. The van der Waals surface area contributed by atoms with Gasteiger partial charge in [-0.05, 0) is 25.0 Å². The van der Waals surface area contributed by atoms with Gasteiger partial charge in [0.15, 0.2) is 0 Å². The van der Waals surface area contributed by atoms with Crippen LogP contribution in [0.5, 0.6) is 11.5 Å². The van der Waals surface area contributed by atoms with E-state index in [1.54, 1.807) is 7.11 Å². The molecule has 0 saturated heterocycles. The average molecular weight is 353 g/mol. The molecule has 5 heteroatoms. The van der Waals surface area contributed by atoms with E-state index in [1.807, 2.05) is 48.5 Å². The summed E-state index contributed by atoms with van der Waals surface area (Å²) in [6.45, 7) is 0.601. The summed E-state index contributed by atoms with van der Waals surface area (Å²) in [5, 5.41) is 14.1. The zero-order valence-electron chi connectivity index (χ0n) is 14.8. The Kier molecular flexibility index (Phi) is 4.11. The maximum absolute atomic E-state index is 13.0. The van der Waals surface area contributed by atoms with Crippen LogP contribution >= 0.6 is 0 Å². The largest absolute Gasteiger partial charge is 0.496 e. The topological polar surface area (TPSA) is 67.8 Å². The summed E-state index contributed by atoms with van der Waals surface area (Å²) in [5.74, 6) is 1.36. The van der Waals surface area contributed by atoms with Crippen molar-refractivity contribution in [2.45, 2.75) is 30.3 Å². The van der Waals surface area contributed by atoms with Gasteiger partial charge in [-0.3, -0.25) is 4.79 Å². The minimum Gasteiger partial charge on any atom is -0.496 e. The molecule has 1 fully saturated rings. The van der Waals surface area contributed by atoms with Crippen LogP contribution in [0.15, 0.2) is 48.5 Å². The first-order chi connectivity index (χ1) is 12.6. The third-order valence-corrected chi connectivity index (χ3v) is 5.51. The predicted molar refractivity (Wildman–Crippen MR) is 97.4 cm³/mol. The Morgan fingerprint density at radius 1 is 1.12 bits per heavy atom. The molecule has 4 rings (SSSR count). The molecule has 0 radical (unpaired) electrons. The number of rotatable bonds is 5. The molecule has 1 atom stereocenters. The van der Waals surface area contributed by atoms with E-state index in [2.05, 4.69) is 5.32 Å². The fraction of sp³-hybridized carbons (Fsp3) is 0.381. The molecular weight excluding hydrogens is 330 g/mol. The Hall–Kier alpha value is -2.53. The van der Waals surface area contributed by atoms with Gasteiger partial charge in [0.25, 0.3) is 0 Å². The minimum atomic E-state index is -1.11. The molecule has 1 saturated carbocycles. The van der Waals surface area contributed by atoms with Crippen LogP contribution in [0.3, 0.4) is 0 Å². The van der Waals surface area contributed by atoms with E-state index in [0.717, 1.165) is 29.7 Å². The lowest BCUT2D eigenvalue weighted by molar-refractivity contribution is -0.125. The van der Waals surface area contributed by atoms with Crippen molar-refractivity contribution in [1.29, 1.82) is 0 Å². The van der Waals surface area contributed by atoms with E-state index >= 15 is 0 Å². The summed E-state index contributed by atoms with van der Waals surface area (Å²) in [4.78, 5) is 13.0. The number of hydrogen-bond acceptors (Lipinski definition) is 4. The summed E-state index contributed by atoms with van der Waals surface area (Å²) in [6.07, 6.45) is 2.03. The quantitative estimate of drug-likeness (QED) is 0.867. The van der Waals surface area contributed by atoms with Gasteiger partial charge < -0.3 is 19.9 Å². The third kappa shape index (κ3) is 2.72. The lowest BCUT2D eigenvalue weighted by Crippen LogP contribution is -2.46. The van der Waals surface area contributed by atoms with E-state index < -0.39 is 11.0 Å². The van der Waals surface area contributed by atoms with Crippen LogP contribution in [-0.4, -0.2) is 31.3 Å². The molecule has 0 aromatic heterocycles. The summed E-state index contributed by atoms with van der Waals surface area (Å²) in [6, 6.07) is 15.1. The number of fused-ring (bicyclic) bond motifs is 1. The number of amides is 1. The number of para-hydroxylation sites is 2. The molecule has 2 aliphatic rings. The van der Waals surface area contributed by atoms with Crippen LogP contribution in [-0.2, 0) is 15.8 Å². The van der Waals surface area contributed by atoms with Crippen molar-refractivity contribution < 1.29 is 19.4 Å². The van der Waals surface area contributed by atoms with Crippen LogP contribution in [0, 0.1) is 0 Å². The molecule has 1 aliphatic carbocycles. The van der Waals surface area contributed by atoms with Crippen molar-refractivity contribution in [3.8, 4) is 11.5 Å². The molecule has 2 aromatic rings. The Labute approximate surface area is 152 Å². The van der Waals surface area contributed by atoms with E-state index in [0.29, 0.717) is 18.8 Å². The molecule has 1 amide bonds. The van der Waals surface area contributed by atoms with Gasteiger partial charge in [0.2, 0.25) is 5.91 Å². The molecule has 5 nitrogen and oxygen atoms in total. The third-order valence-electron chi connectivity index (χ3n) is 5.51. The molecule has 136 valence electrons. The number of carbonyl (C=O) groups excluding carboxylic acids is 1. The van der Waals surface area contributed by atoms with Gasteiger partial charge in [0, 0.05) is 17.5 Å². The van der Waals surface area contributed by atoms with Gasteiger partial charge in [-0.25, -0.2) is 0 Å². The molecule has 0 spiro atoms. The van der Waals surface area contributed by atoms with Crippen molar-refractivity contribution in [3.05, 3.63) is 59.7 Å². The van der Waals surface area contributed by atoms with E-state index in [4.69, 9.17) is 9.47 Å². The van der Waals surface area contributed by atoms with Crippen LogP contribution in [0.25, 0.3) is 0 Å². The van der Waals surface area contributed by atoms with Crippen LogP contribution < -0.4 is 14.8 Å². The van der Waals surface area contributed by atoms with Crippen molar-refractivity contribution in [2.24, 2.45) is 0 Å². The number of methoxy groups -OCH3 is 1. The SMILES string of the molecule is COc1ccccc1C1(C(=O)NCC2(O)CCOc3ccccc32)CC1. The van der Waals surface area contributed by atoms with Gasteiger partial charge in [0.05, 0.1) is 25.7 Å². The normalized spacial score (nSPS) is 22.7. The molecule has 0 bridgehead atoms. The molecule has 2 aromatic carbocycles. The molecule has 26 heavy (non-hydrogen) atoms. The Bertz CT molecular complexity index is 830. The van der Waals surface area contributed by atoms with Gasteiger partial charge in [-0.2, -0.15) is 0 Å². The number of aliphatic hydroxyl groups is 1. The second-order valence-electron chi connectivity index (χ2n) is 7.09. The van der Waals surface area contributed by atoms with Crippen LogP contribution in [0.4, 0.5) is 0 Å². The van der Waals surface area contributed by atoms with Crippen molar-refractivity contribution in [3.63, 3.8) is 0 Å². The standard InChI is InChI=1S/C21H23NO4/c1-25-17-8-4-2-6-15(17)20(10-11-20)19(23)22-14-21(24)12-13-26-18-9-5-3-7-16(18)21/h2-9,24H,10-14H2,1H3,(H,22,23). The summed E-state index contributed by atoms with van der Waals surface area (Å²) >= 11 is 0. The first-order valence-electron chi connectivity index (χ1n) is 8.96. The number of ether oxygens (including phenoxy) is 2. The first kappa shape index (κ1) is 16.9. The summed E-state index contributed by atoms with van der Waals surface area (Å²) < 4.78 is 11.1. The fourth-order valence-electron chi connectivity index (χ4n) is 3.80. The van der Waals surface area contributed by atoms with Crippen LogP contribution in [0.1, 0.15) is 30.4 Å². The van der Waals surface area contributed by atoms with Gasteiger partial charge in [-0.15, -0.1) is 0 Å².